The predicted molar refractivity (Wildman–Crippen MR) is 327 cm³/mol. The minimum atomic E-state index is -0.942. The van der Waals surface area contributed by atoms with E-state index in [0.717, 1.165) is 103 Å². The van der Waals surface area contributed by atoms with E-state index in [9.17, 15) is 38.9 Å². The van der Waals surface area contributed by atoms with Crippen molar-refractivity contribution in [3.63, 3.8) is 0 Å². The van der Waals surface area contributed by atoms with Crippen molar-refractivity contribution in [1.82, 2.24) is 0 Å². The van der Waals surface area contributed by atoms with Crippen LogP contribution in [0, 0.1) is 10.1 Å². The highest BCUT2D eigenvalue weighted by atomic mass is 16.6. The summed E-state index contributed by atoms with van der Waals surface area (Å²) < 4.78 is 50.0. The van der Waals surface area contributed by atoms with Gasteiger partial charge in [0, 0.05) is 24.3 Å². The first-order chi connectivity index (χ1) is 42.9. The number of non-ortho nitro benzene ring substituents is 1. The van der Waals surface area contributed by atoms with Crippen molar-refractivity contribution < 1.29 is 76.3 Å². The smallest absolute Gasteiger partial charge is 0.344 e. The second-order valence-electron chi connectivity index (χ2n) is 19.9. The van der Waals surface area contributed by atoms with E-state index < -0.39 is 40.7 Å². The normalized spacial score (nSPS) is 10.8. The van der Waals surface area contributed by atoms with Crippen molar-refractivity contribution in [3.05, 3.63) is 197 Å². The molecule has 0 spiro atoms. The van der Waals surface area contributed by atoms with E-state index in [4.69, 9.17) is 42.6 Å². The van der Waals surface area contributed by atoms with Gasteiger partial charge in [-0.15, -0.1) is 0 Å². The van der Waals surface area contributed by atoms with Gasteiger partial charge in [-0.3, -0.25) is 10.1 Å². The van der Waals surface area contributed by atoms with Crippen LogP contribution in [0.3, 0.4) is 0 Å². The van der Waals surface area contributed by atoms with Crippen LogP contribution in [-0.2, 0) is 23.8 Å². The number of nitro groups is 1. The van der Waals surface area contributed by atoms with Gasteiger partial charge in [0.1, 0.15) is 47.7 Å². The van der Waals surface area contributed by atoms with Crippen molar-refractivity contribution in [1.29, 1.82) is 0 Å². The van der Waals surface area contributed by atoms with Crippen molar-refractivity contribution in [3.8, 4) is 34.5 Å². The molecule has 0 saturated heterocycles. The van der Waals surface area contributed by atoms with Crippen LogP contribution in [0.5, 0.6) is 34.5 Å². The minimum absolute atomic E-state index is 0.0441. The van der Waals surface area contributed by atoms with E-state index in [0.29, 0.717) is 55.1 Å². The molecule has 0 aliphatic rings. The highest BCUT2D eigenvalue weighted by Gasteiger charge is 2.24. The van der Waals surface area contributed by atoms with Gasteiger partial charge in [-0.2, -0.15) is 10.2 Å². The molecule has 462 valence electrons. The Morgan fingerprint density at radius 3 is 1.14 bits per heavy atom. The number of nitrogens with zero attached hydrogens (tertiary/aromatic N) is 3. The lowest BCUT2D eigenvalue weighted by Crippen LogP contribution is -2.19. The fraction of sp³-hybridized carbons (Fsp3) is 0.324. The molecule has 0 unspecified atom stereocenters. The minimum Gasteiger partial charge on any atom is -0.494 e. The van der Waals surface area contributed by atoms with Crippen LogP contribution in [0.15, 0.2) is 175 Å². The van der Waals surface area contributed by atoms with E-state index in [1.54, 1.807) is 72.8 Å². The summed E-state index contributed by atoms with van der Waals surface area (Å²) in [6, 6.07) is 34.8. The standard InChI is InChI=1S/C68H73N3O17/c1-3-63(72)83-45-19-15-11-7-5-9-13-17-43-80-55-30-36-59(37-31-55)87-66(75)51-23-42-61(68(77)88-60-40-32-56(33-41-60)81-44-18-14-10-6-8-12-16-20-46-84-64(73)4-2)62(49-51)67(76)85-48-47-82-57-34-38-58(39-35-57)86-65(74)50-21-24-52(25-22-50)69-70-53-26-28-54(29-27-53)71(78)79/h3-4,21-42,49H,1-2,5-20,43-48H2. The van der Waals surface area contributed by atoms with Gasteiger partial charge in [0.05, 0.1) is 65.0 Å². The molecule has 0 amide bonds. The topological polar surface area (TPSA) is 253 Å². The molecule has 0 aliphatic carbocycles. The molecule has 0 aliphatic heterocycles. The maximum Gasteiger partial charge on any atom is 0.344 e. The summed E-state index contributed by atoms with van der Waals surface area (Å²) in [6.45, 7) is 8.27. The van der Waals surface area contributed by atoms with Crippen molar-refractivity contribution >= 4 is 52.9 Å². The first-order valence-corrected chi connectivity index (χ1v) is 29.4. The van der Waals surface area contributed by atoms with Gasteiger partial charge in [-0.05, 0) is 153 Å². The van der Waals surface area contributed by atoms with Crippen molar-refractivity contribution in [2.75, 3.05) is 39.6 Å². The SMILES string of the molecule is C=CC(=O)OCCCCCCCCCCOc1ccc(OC(=O)c2ccc(C(=O)Oc3ccc(OCCCCCCCCCCOC(=O)C=C)cc3)c(C(=O)OCCOc3ccc(OC(=O)c4ccc(N=Nc5ccc([N+](=O)[O-])cc5)cc4)cc3)c2)cc1. The molecule has 6 aromatic carbocycles. The average molecular weight is 1200 g/mol. The van der Waals surface area contributed by atoms with Gasteiger partial charge in [-0.25, -0.2) is 28.8 Å². The molecule has 0 aromatic heterocycles. The van der Waals surface area contributed by atoms with Crippen LogP contribution in [0.25, 0.3) is 0 Å². The highest BCUT2D eigenvalue weighted by molar-refractivity contribution is 6.06. The van der Waals surface area contributed by atoms with E-state index in [1.807, 2.05) is 0 Å². The molecule has 6 rings (SSSR count). The lowest BCUT2D eigenvalue weighted by Gasteiger charge is -2.13. The zero-order valence-corrected chi connectivity index (χ0v) is 49.2. The number of rotatable bonds is 40. The maximum absolute atomic E-state index is 13.8. The number of benzene rings is 6. The molecule has 0 bridgehead atoms. The number of carbonyl (C=O) groups excluding carboxylic acids is 6. The molecule has 6 aromatic rings. The number of esters is 6. The summed E-state index contributed by atoms with van der Waals surface area (Å²) in [5.41, 5.74) is 0.553. The van der Waals surface area contributed by atoms with Crippen LogP contribution in [0.2, 0.25) is 0 Å². The molecule has 0 heterocycles. The predicted octanol–water partition coefficient (Wildman–Crippen LogP) is 15.4. The number of carbonyl (C=O) groups is 6. The Labute approximate surface area is 511 Å². The number of unbranched alkanes of at least 4 members (excludes halogenated alkanes) is 14. The van der Waals surface area contributed by atoms with Gasteiger partial charge in [-0.1, -0.05) is 90.2 Å². The van der Waals surface area contributed by atoms with E-state index in [2.05, 4.69) is 23.4 Å². The lowest BCUT2D eigenvalue weighted by atomic mass is 10.0. The summed E-state index contributed by atoms with van der Waals surface area (Å²) in [4.78, 5) is 86.7. The fourth-order valence-corrected chi connectivity index (χ4v) is 8.49. The Hall–Kier alpha value is -9.98. The molecular weight excluding hydrogens is 1130 g/mol. The van der Waals surface area contributed by atoms with Gasteiger partial charge in [0.25, 0.3) is 5.69 Å². The third-order valence-corrected chi connectivity index (χ3v) is 13.3. The third kappa shape index (κ3) is 24.9. The molecule has 0 radical (unpaired) electrons. The summed E-state index contributed by atoms with van der Waals surface area (Å²) in [5, 5.41) is 19.1. The molecular formula is C68H73N3O17. The first kappa shape index (κ1) is 67.2. The van der Waals surface area contributed by atoms with E-state index in [-0.39, 0.29) is 58.4 Å². The Morgan fingerprint density at radius 1 is 0.364 bits per heavy atom. The zero-order valence-electron chi connectivity index (χ0n) is 49.2. The van der Waals surface area contributed by atoms with Gasteiger partial charge in [0.2, 0.25) is 0 Å². The second kappa shape index (κ2) is 38.1. The average Bonchev–Trinajstić information content (AvgIpc) is 2.92. The number of nitro benzene ring substituents is 1. The van der Waals surface area contributed by atoms with Crippen LogP contribution in [-0.4, -0.2) is 80.4 Å². The van der Waals surface area contributed by atoms with Crippen LogP contribution in [0.4, 0.5) is 17.1 Å². The third-order valence-electron chi connectivity index (χ3n) is 13.3. The van der Waals surface area contributed by atoms with Gasteiger partial charge >= 0.3 is 35.8 Å². The molecule has 88 heavy (non-hydrogen) atoms. The number of ether oxygens (including phenoxy) is 9. The zero-order chi connectivity index (χ0) is 62.6. The van der Waals surface area contributed by atoms with Crippen LogP contribution < -0.4 is 28.4 Å². The maximum atomic E-state index is 13.8. The molecule has 0 atom stereocenters. The summed E-state index contributed by atoms with van der Waals surface area (Å²) in [6.07, 6.45) is 18.6. The van der Waals surface area contributed by atoms with E-state index >= 15 is 0 Å². The number of hydrogen-bond donors (Lipinski definition) is 0. The Bertz CT molecular complexity index is 3240. The quantitative estimate of drug-likeness (QED) is 0.00506. The molecule has 0 saturated carbocycles. The first-order valence-electron chi connectivity index (χ1n) is 29.4. The molecule has 20 heteroatoms. The molecule has 20 nitrogen and oxygen atoms in total. The largest absolute Gasteiger partial charge is 0.494 e. The van der Waals surface area contributed by atoms with Crippen LogP contribution >= 0.6 is 0 Å². The monoisotopic (exact) mass is 1200 g/mol. The number of hydrogen-bond acceptors (Lipinski definition) is 19. The fourth-order valence-electron chi connectivity index (χ4n) is 8.49. The summed E-state index contributed by atoms with van der Waals surface area (Å²) in [7, 11) is 0. The second-order valence-corrected chi connectivity index (χ2v) is 19.9. The Morgan fingerprint density at radius 2 is 0.716 bits per heavy atom. The van der Waals surface area contributed by atoms with Crippen LogP contribution in [0.1, 0.15) is 144 Å². The van der Waals surface area contributed by atoms with Crippen molar-refractivity contribution in [2.45, 2.75) is 103 Å². The van der Waals surface area contributed by atoms with Gasteiger partial charge in [0.15, 0.2) is 0 Å². The molecule has 0 N–H and O–H groups in total. The Balaban J connectivity index is 0.976. The van der Waals surface area contributed by atoms with Crippen molar-refractivity contribution in [2.24, 2.45) is 10.2 Å². The molecule has 0 fully saturated rings. The summed E-state index contributed by atoms with van der Waals surface area (Å²) in [5.74, 6) is -1.86. The highest BCUT2D eigenvalue weighted by Crippen LogP contribution is 2.26. The Kier molecular flexibility index (Phi) is 29.1. The lowest BCUT2D eigenvalue weighted by molar-refractivity contribution is -0.384. The van der Waals surface area contributed by atoms with E-state index in [1.165, 1.54) is 78.9 Å². The summed E-state index contributed by atoms with van der Waals surface area (Å²) >= 11 is 0. The van der Waals surface area contributed by atoms with Gasteiger partial charge < -0.3 is 42.6 Å². The number of azo groups is 1.